The van der Waals surface area contributed by atoms with Gasteiger partial charge in [-0.15, -0.1) is 0 Å². The molecule has 0 amide bonds. The van der Waals surface area contributed by atoms with Crippen LogP contribution in [-0.4, -0.2) is 0 Å². The molecular formula is C11H20VWY. The van der Waals surface area contributed by atoms with E-state index in [9.17, 15) is 0 Å². The Kier molecular flexibility index (Phi) is 150. The second-order valence-electron chi connectivity index (χ2n) is 1.08. The molecule has 14 heavy (non-hydrogen) atoms. The van der Waals surface area contributed by atoms with E-state index < -0.39 is 0 Å². The molecule has 0 spiro atoms. The molecule has 78 valence electrons. The quantitative estimate of drug-likeness (QED) is 0.500. The molecule has 1 aromatic rings. The Morgan fingerprint density at radius 3 is 1.14 bits per heavy atom. The normalized spacial score (nSPS) is 3.86. The van der Waals surface area contributed by atoms with Crippen molar-refractivity contribution in [3.63, 3.8) is 0 Å². The van der Waals surface area contributed by atoms with E-state index in [0.29, 0.717) is 0 Å². The molecule has 0 saturated heterocycles. The Balaban J connectivity index is -0.0000000117. The molecule has 1 aromatic carbocycles. The van der Waals surface area contributed by atoms with Crippen LogP contribution in [0.2, 0.25) is 0 Å². The van der Waals surface area contributed by atoms with E-state index in [2.05, 4.69) is 6.07 Å². The fourth-order valence-electron chi connectivity index (χ4n) is 0.342. The van der Waals surface area contributed by atoms with Gasteiger partial charge in [-0.2, -0.15) is 36.4 Å². The van der Waals surface area contributed by atoms with Crippen molar-refractivity contribution in [1.82, 2.24) is 0 Å². The summed E-state index contributed by atoms with van der Waals surface area (Å²) in [6.45, 7) is 4.00. The Morgan fingerprint density at radius 2 is 1.07 bits per heavy atom. The zero-order valence-corrected chi connectivity index (χ0v) is 17.0. The molecule has 0 aromatic heterocycles. The van der Waals surface area contributed by atoms with Gasteiger partial charge in [0.25, 0.3) is 0 Å². The molecule has 0 unspecified atom stereocenters. The van der Waals surface area contributed by atoms with Crippen LogP contribution in [-0.2, 0) is 72.3 Å². The van der Waals surface area contributed by atoms with Gasteiger partial charge >= 0.3 is 39.6 Å². The average molecular weight is 476 g/mol. The van der Waals surface area contributed by atoms with E-state index >= 15 is 0 Å². The summed E-state index contributed by atoms with van der Waals surface area (Å²) in [5.74, 6) is 0. The first-order valence-electron chi connectivity index (χ1n) is 2.91. The van der Waals surface area contributed by atoms with Gasteiger partial charge < -0.3 is 22.3 Å². The van der Waals surface area contributed by atoms with Gasteiger partial charge in [-0.1, -0.05) is 13.8 Å². The minimum atomic E-state index is 0. The van der Waals surface area contributed by atoms with Crippen LogP contribution in [0.1, 0.15) is 13.8 Å². The largest absolute Gasteiger partial charge is 2.00 e. The molecule has 0 N–H and O–H groups in total. The van der Waals surface area contributed by atoms with Crippen LogP contribution >= 0.6 is 0 Å². The van der Waals surface area contributed by atoms with Crippen molar-refractivity contribution >= 4 is 0 Å². The molecule has 0 aliphatic carbocycles. The standard InChI is InChI=1S/C6H5.C2H6.3CH3.V.W.Y/c1-2-4-6-5-3-1;1-2;;;;;;/h1-5H;1-2H3;3*1H3;;;/q-1;;3*-1;2*+2;. The second kappa shape index (κ2) is 46.8. The monoisotopic (exact) mass is 476 g/mol. The van der Waals surface area contributed by atoms with Gasteiger partial charge in [-0.25, -0.2) is 0 Å². The van der Waals surface area contributed by atoms with Crippen LogP contribution < -0.4 is 0 Å². The van der Waals surface area contributed by atoms with E-state index in [-0.39, 0.29) is 94.6 Å². The van der Waals surface area contributed by atoms with Gasteiger partial charge in [0.15, 0.2) is 0 Å². The Bertz CT molecular complexity index is 87.2. The van der Waals surface area contributed by atoms with E-state index in [1.165, 1.54) is 0 Å². The van der Waals surface area contributed by atoms with Crippen LogP contribution in [0.4, 0.5) is 0 Å². The molecule has 0 aliphatic rings. The molecule has 0 aliphatic heterocycles. The van der Waals surface area contributed by atoms with Crippen LogP contribution in [0.15, 0.2) is 30.3 Å². The fraction of sp³-hybridized carbons (Fsp3) is 0.182. The molecule has 1 rings (SSSR count). The van der Waals surface area contributed by atoms with Gasteiger partial charge in [0.2, 0.25) is 0 Å². The predicted octanol–water partition coefficient (Wildman–Crippen LogP) is 3.86. The third-order valence-corrected chi connectivity index (χ3v) is 0.607. The summed E-state index contributed by atoms with van der Waals surface area (Å²) < 4.78 is 0. The van der Waals surface area contributed by atoms with Crippen LogP contribution in [0.5, 0.6) is 0 Å². The maximum Gasteiger partial charge on any atom is 2.00 e. The van der Waals surface area contributed by atoms with Crippen molar-refractivity contribution in [2.45, 2.75) is 13.8 Å². The summed E-state index contributed by atoms with van der Waals surface area (Å²) in [4.78, 5) is 0. The van der Waals surface area contributed by atoms with Gasteiger partial charge in [0.05, 0.1) is 0 Å². The minimum absolute atomic E-state index is 0. The Hall–Kier alpha value is 1.60. The maximum absolute atomic E-state index is 2.89. The van der Waals surface area contributed by atoms with Crippen molar-refractivity contribution in [3.8, 4) is 0 Å². The summed E-state index contributed by atoms with van der Waals surface area (Å²) in [5.41, 5.74) is 0. The van der Waals surface area contributed by atoms with E-state index in [1.54, 1.807) is 0 Å². The first-order chi connectivity index (χ1) is 4.00. The Morgan fingerprint density at radius 1 is 0.786 bits per heavy atom. The van der Waals surface area contributed by atoms with E-state index in [0.717, 1.165) is 0 Å². The van der Waals surface area contributed by atoms with Crippen molar-refractivity contribution in [3.05, 3.63) is 58.7 Å². The summed E-state index contributed by atoms with van der Waals surface area (Å²) in [7, 11) is 0. The molecule has 3 heteroatoms. The third kappa shape index (κ3) is 37.4. The van der Waals surface area contributed by atoms with Crippen molar-refractivity contribution in [2.24, 2.45) is 0 Å². The number of hydrogen-bond donors (Lipinski definition) is 0. The van der Waals surface area contributed by atoms with Gasteiger partial charge in [0, 0.05) is 32.7 Å². The van der Waals surface area contributed by atoms with Crippen LogP contribution in [0, 0.1) is 28.3 Å². The predicted molar refractivity (Wildman–Crippen MR) is 55.9 cm³/mol. The molecule has 0 atom stereocenters. The number of hydrogen-bond acceptors (Lipinski definition) is 0. The smallest absolute Gasteiger partial charge is 0.358 e. The molecule has 0 fully saturated rings. The van der Waals surface area contributed by atoms with Gasteiger partial charge in [-0.3, -0.25) is 0 Å². The molecule has 0 saturated carbocycles. The average Bonchev–Trinajstić information content (AvgIpc) is 1.96. The zero-order chi connectivity index (χ0) is 6.24. The van der Waals surface area contributed by atoms with Crippen molar-refractivity contribution in [2.75, 3.05) is 0 Å². The van der Waals surface area contributed by atoms with Crippen molar-refractivity contribution < 1.29 is 72.3 Å². The molecule has 0 heterocycles. The molecule has 2 radical (unpaired) electrons. The SMILES string of the molecule is CC.[CH3-].[CH3-].[CH3-].[V+2].[W+2].[Y].[c-]1ccccc1. The van der Waals surface area contributed by atoms with Crippen LogP contribution in [0.25, 0.3) is 0 Å². The molecule has 0 bridgehead atoms. The Labute approximate surface area is 143 Å². The maximum atomic E-state index is 2.89. The molecule has 0 nitrogen and oxygen atoms in total. The van der Waals surface area contributed by atoms with Crippen LogP contribution in [0.3, 0.4) is 0 Å². The summed E-state index contributed by atoms with van der Waals surface area (Å²) in [5, 5.41) is 0. The van der Waals surface area contributed by atoms with Gasteiger partial charge in [0.1, 0.15) is 0 Å². The second-order valence-corrected chi connectivity index (χ2v) is 1.08. The summed E-state index contributed by atoms with van der Waals surface area (Å²) in [6, 6.07) is 12.5. The first-order valence-corrected chi connectivity index (χ1v) is 2.91. The number of benzene rings is 1. The molecular weight excluding hydrogens is 456 g/mol. The fourth-order valence-corrected chi connectivity index (χ4v) is 0.342. The summed E-state index contributed by atoms with van der Waals surface area (Å²) >= 11 is 0. The van der Waals surface area contributed by atoms with E-state index in [1.807, 2.05) is 44.2 Å². The third-order valence-electron chi connectivity index (χ3n) is 0.607. The first kappa shape index (κ1) is 45.0. The van der Waals surface area contributed by atoms with Gasteiger partial charge in [-0.05, 0) is 0 Å². The topological polar surface area (TPSA) is 0 Å². The number of rotatable bonds is 0. The van der Waals surface area contributed by atoms with E-state index in [4.69, 9.17) is 0 Å². The van der Waals surface area contributed by atoms with Crippen molar-refractivity contribution in [1.29, 1.82) is 0 Å². The summed E-state index contributed by atoms with van der Waals surface area (Å²) in [6.07, 6.45) is 0. The zero-order valence-electron chi connectivity index (χ0n) is 9.82. The minimum Gasteiger partial charge on any atom is -0.358 e.